The molecule has 176 valence electrons. The van der Waals surface area contributed by atoms with Crippen molar-refractivity contribution in [3.8, 4) is 5.75 Å². The summed E-state index contributed by atoms with van der Waals surface area (Å²) < 4.78 is 7.85. The van der Waals surface area contributed by atoms with Crippen molar-refractivity contribution < 1.29 is 9.53 Å². The van der Waals surface area contributed by atoms with Gasteiger partial charge in [-0.1, -0.05) is 71.0 Å². The molecule has 6 heteroatoms. The molecule has 2 aromatic carbocycles. The highest BCUT2D eigenvalue weighted by atomic mass is 16.5. The Bertz CT molecular complexity index is 1240. The lowest BCUT2D eigenvalue weighted by molar-refractivity contribution is -0.118. The third-order valence-corrected chi connectivity index (χ3v) is 6.70. The highest BCUT2D eigenvalue weighted by Crippen LogP contribution is 2.45. The number of rotatable bonds is 4. The van der Waals surface area contributed by atoms with E-state index in [1.54, 1.807) is 0 Å². The highest BCUT2D eigenvalue weighted by Gasteiger charge is 2.41. The molecule has 6 nitrogen and oxygen atoms in total. The number of fused-ring (bicyclic) bond motifs is 1. The van der Waals surface area contributed by atoms with Gasteiger partial charge in [-0.25, -0.2) is 4.68 Å². The van der Waals surface area contributed by atoms with Crippen LogP contribution < -0.4 is 10.1 Å². The smallest absolute Gasteiger partial charge is 0.226 e. The molecular formula is C28H32N4O2. The predicted octanol–water partition coefficient (Wildman–Crippen LogP) is 5.81. The van der Waals surface area contributed by atoms with Crippen LogP contribution in [0.25, 0.3) is 0 Å². The molecule has 0 saturated heterocycles. The fourth-order valence-corrected chi connectivity index (χ4v) is 4.87. The number of benzene rings is 2. The van der Waals surface area contributed by atoms with Crippen LogP contribution in [0.2, 0.25) is 0 Å². The topological polar surface area (TPSA) is 69.0 Å². The Morgan fingerprint density at radius 1 is 1.06 bits per heavy atom. The molecule has 0 bridgehead atoms. The Balaban J connectivity index is 1.36. The van der Waals surface area contributed by atoms with Gasteiger partial charge < -0.3 is 10.1 Å². The lowest BCUT2D eigenvalue weighted by Gasteiger charge is -2.38. The Morgan fingerprint density at radius 2 is 1.76 bits per heavy atom. The fourth-order valence-electron chi connectivity index (χ4n) is 4.87. The number of hydrogen-bond acceptors (Lipinski definition) is 5. The second-order valence-corrected chi connectivity index (χ2v) is 11.2. The van der Waals surface area contributed by atoms with E-state index in [0.29, 0.717) is 19.0 Å². The van der Waals surface area contributed by atoms with E-state index in [-0.39, 0.29) is 22.7 Å². The Kier molecular flexibility index (Phi) is 5.34. The largest absolute Gasteiger partial charge is 0.489 e. The summed E-state index contributed by atoms with van der Waals surface area (Å²) in [6, 6.07) is 16.3. The predicted molar refractivity (Wildman–Crippen MR) is 133 cm³/mol. The second-order valence-electron chi connectivity index (χ2n) is 11.2. The van der Waals surface area contributed by atoms with E-state index < -0.39 is 0 Å². The van der Waals surface area contributed by atoms with Gasteiger partial charge in [0.1, 0.15) is 24.7 Å². The molecule has 3 aromatic rings. The molecule has 0 amide bonds. The van der Waals surface area contributed by atoms with Crippen molar-refractivity contribution in [1.29, 1.82) is 0 Å². The van der Waals surface area contributed by atoms with Crippen LogP contribution in [0.3, 0.4) is 0 Å². The number of hydrogen-bond donors (Lipinski definition) is 1. The van der Waals surface area contributed by atoms with Crippen LogP contribution >= 0.6 is 0 Å². The first kappa shape index (κ1) is 22.4. The molecule has 0 saturated carbocycles. The van der Waals surface area contributed by atoms with E-state index in [4.69, 9.17) is 4.74 Å². The van der Waals surface area contributed by atoms with E-state index >= 15 is 0 Å². The van der Waals surface area contributed by atoms with Gasteiger partial charge in [0.15, 0.2) is 5.78 Å². The lowest BCUT2D eigenvalue weighted by Crippen LogP contribution is -2.36. The molecule has 1 aromatic heterocycles. The van der Waals surface area contributed by atoms with E-state index in [1.165, 1.54) is 11.9 Å². The molecule has 2 aliphatic rings. The summed E-state index contributed by atoms with van der Waals surface area (Å²) in [7, 11) is 0. The van der Waals surface area contributed by atoms with E-state index in [9.17, 15) is 4.79 Å². The number of nitrogens with zero attached hydrogens (tertiary/aromatic N) is 3. The lowest BCUT2D eigenvalue weighted by atomic mass is 9.73. The van der Waals surface area contributed by atoms with Gasteiger partial charge in [0.05, 0.1) is 0 Å². The number of carbonyl (C=O) groups excluding carboxylic acids is 1. The summed E-state index contributed by atoms with van der Waals surface area (Å²) in [5.74, 6) is 1.64. The number of anilines is 1. The molecule has 0 spiro atoms. The Labute approximate surface area is 201 Å². The average Bonchev–Trinajstić information content (AvgIpc) is 3.24. The quantitative estimate of drug-likeness (QED) is 0.536. The molecule has 1 aliphatic carbocycles. The summed E-state index contributed by atoms with van der Waals surface area (Å²) in [5.41, 5.74) is 5.26. The maximum absolute atomic E-state index is 13.2. The zero-order valence-electron chi connectivity index (χ0n) is 20.6. The number of allylic oxidation sites excluding steroid dienone is 2. The number of carbonyl (C=O) groups is 1. The molecule has 34 heavy (non-hydrogen) atoms. The van der Waals surface area contributed by atoms with Crippen LogP contribution in [0.5, 0.6) is 5.75 Å². The Morgan fingerprint density at radius 3 is 2.44 bits per heavy atom. The molecule has 5 rings (SSSR count). The first-order chi connectivity index (χ1) is 16.1. The average molecular weight is 457 g/mol. The molecule has 1 unspecified atom stereocenters. The number of aromatic nitrogens is 3. The molecule has 2 heterocycles. The molecule has 0 radical (unpaired) electrons. The van der Waals surface area contributed by atoms with Gasteiger partial charge in [-0.3, -0.25) is 4.79 Å². The maximum Gasteiger partial charge on any atom is 0.226 e. The molecular weight excluding hydrogens is 424 g/mol. The SMILES string of the molecule is CC1(C)CC(=O)C2=C(C1)Nc1ncnn1C2c1ccc(OCc2ccc(C(C)(C)C)cc2)cc1. The van der Waals surface area contributed by atoms with Gasteiger partial charge in [-0.15, -0.1) is 0 Å². The summed E-state index contributed by atoms with van der Waals surface area (Å²) in [4.78, 5) is 17.6. The van der Waals surface area contributed by atoms with E-state index in [0.717, 1.165) is 34.6 Å². The normalized spacial score (nSPS) is 19.3. The van der Waals surface area contributed by atoms with Crippen molar-refractivity contribution in [1.82, 2.24) is 14.8 Å². The van der Waals surface area contributed by atoms with Crippen LogP contribution in [0.15, 0.2) is 66.1 Å². The van der Waals surface area contributed by atoms with Crippen molar-refractivity contribution in [2.24, 2.45) is 5.41 Å². The molecule has 0 fully saturated rings. The van der Waals surface area contributed by atoms with Crippen LogP contribution in [0, 0.1) is 5.41 Å². The van der Waals surface area contributed by atoms with Crippen molar-refractivity contribution in [3.05, 3.63) is 82.8 Å². The summed E-state index contributed by atoms with van der Waals surface area (Å²) in [6.45, 7) is 11.4. The van der Waals surface area contributed by atoms with Crippen LogP contribution in [0.1, 0.15) is 70.2 Å². The minimum Gasteiger partial charge on any atom is -0.489 e. The second kappa shape index (κ2) is 8.12. The summed E-state index contributed by atoms with van der Waals surface area (Å²) in [5, 5.41) is 7.78. The third kappa shape index (κ3) is 4.25. The minimum absolute atomic E-state index is 0.0710. The molecule has 1 aliphatic heterocycles. The summed E-state index contributed by atoms with van der Waals surface area (Å²) in [6.07, 6.45) is 2.88. The molecule has 1 atom stereocenters. The number of nitrogens with one attached hydrogen (secondary N) is 1. The standard InChI is InChI=1S/C28H32N4O2/c1-27(2,3)20-10-6-18(7-11-20)16-34-21-12-8-19(9-13-21)25-24-22(14-28(4,5)15-23(24)33)31-26-29-17-30-32(25)26/h6-13,17,25H,14-16H2,1-5H3,(H,29,30,31). The number of ketones is 1. The van der Waals surface area contributed by atoms with Gasteiger partial charge in [0.25, 0.3) is 0 Å². The van der Waals surface area contributed by atoms with Gasteiger partial charge >= 0.3 is 0 Å². The van der Waals surface area contributed by atoms with E-state index in [1.807, 2.05) is 28.9 Å². The summed E-state index contributed by atoms with van der Waals surface area (Å²) >= 11 is 0. The third-order valence-electron chi connectivity index (χ3n) is 6.70. The van der Waals surface area contributed by atoms with Crippen molar-refractivity contribution in [2.45, 2.75) is 65.5 Å². The zero-order valence-corrected chi connectivity index (χ0v) is 20.6. The van der Waals surface area contributed by atoms with Crippen molar-refractivity contribution >= 4 is 11.7 Å². The van der Waals surface area contributed by atoms with E-state index in [2.05, 4.69) is 74.3 Å². The zero-order chi connectivity index (χ0) is 24.1. The van der Waals surface area contributed by atoms with Crippen LogP contribution in [-0.2, 0) is 16.8 Å². The minimum atomic E-state index is -0.281. The fraction of sp³-hybridized carbons (Fsp3) is 0.393. The monoisotopic (exact) mass is 456 g/mol. The Hall–Kier alpha value is -3.41. The number of Topliss-reactive ketones (excluding diaryl/α,β-unsaturated/α-hetero) is 1. The van der Waals surface area contributed by atoms with Crippen LogP contribution in [0.4, 0.5) is 5.95 Å². The van der Waals surface area contributed by atoms with Crippen LogP contribution in [-0.4, -0.2) is 20.5 Å². The first-order valence-corrected chi connectivity index (χ1v) is 11.9. The highest BCUT2D eigenvalue weighted by molar-refractivity contribution is 6.00. The van der Waals surface area contributed by atoms with Gasteiger partial charge in [0, 0.05) is 17.7 Å². The first-order valence-electron chi connectivity index (χ1n) is 11.9. The van der Waals surface area contributed by atoms with Gasteiger partial charge in [-0.05, 0) is 46.1 Å². The number of ether oxygens (including phenoxy) is 1. The molecule has 1 N–H and O–H groups in total. The van der Waals surface area contributed by atoms with Gasteiger partial charge in [-0.2, -0.15) is 10.1 Å². The van der Waals surface area contributed by atoms with Crippen molar-refractivity contribution in [2.75, 3.05) is 5.32 Å². The maximum atomic E-state index is 13.2. The van der Waals surface area contributed by atoms with Gasteiger partial charge in [0.2, 0.25) is 5.95 Å². The van der Waals surface area contributed by atoms with Crippen molar-refractivity contribution in [3.63, 3.8) is 0 Å².